The maximum Gasteiger partial charge on any atom is 0.131 e. The molecule has 4 nitrogen and oxygen atoms in total. The van der Waals surface area contributed by atoms with Crippen molar-refractivity contribution in [1.82, 2.24) is 4.98 Å². The van der Waals surface area contributed by atoms with Gasteiger partial charge in [-0.25, -0.2) is 4.98 Å². The van der Waals surface area contributed by atoms with E-state index in [1.807, 2.05) is 25.1 Å². The van der Waals surface area contributed by atoms with Gasteiger partial charge in [-0.1, -0.05) is 13.0 Å². The number of hydrogen-bond donors (Lipinski definition) is 1. The van der Waals surface area contributed by atoms with Gasteiger partial charge >= 0.3 is 0 Å². The van der Waals surface area contributed by atoms with Crippen molar-refractivity contribution in [3.05, 3.63) is 39.8 Å². The van der Waals surface area contributed by atoms with Crippen LogP contribution in [0.15, 0.2) is 23.6 Å². The molecule has 0 unspecified atom stereocenters. The Morgan fingerprint density at radius 1 is 1.38 bits per heavy atom. The second kappa shape index (κ2) is 7.43. The van der Waals surface area contributed by atoms with Crippen LogP contribution < -0.4 is 15.2 Å². The second-order valence-electron chi connectivity index (χ2n) is 4.96. The van der Waals surface area contributed by atoms with Gasteiger partial charge in [0.05, 0.1) is 17.8 Å². The van der Waals surface area contributed by atoms with Crippen LogP contribution in [0, 0.1) is 0 Å². The Kier molecular flexibility index (Phi) is 5.59. The number of methoxy groups -OCH3 is 1. The standard InChI is InChI=1S/C16H22N2O2S/c1-4-5-16-18-12(10-21-16)9-20-15-8-13(19-3)6-7-14(15)11(2)17/h6-8,10-11H,4-5,9,17H2,1-3H3/t11-/m0/s1. The third-order valence-electron chi connectivity index (χ3n) is 3.15. The summed E-state index contributed by atoms with van der Waals surface area (Å²) in [5.41, 5.74) is 7.92. The van der Waals surface area contributed by atoms with Gasteiger partial charge in [-0.05, 0) is 25.8 Å². The number of nitrogens with two attached hydrogens (primary N) is 1. The summed E-state index contributed by atoms with van der Waals surface area (Å²) in [7, 11) is 1.64. The van der Waals surface area contributed by atoms with Gasteiger partial charge in [0, 0.05) is 23.1 Å². The minimum Gasteiger partial charge on any atom is -0.497 e. The maximum absolute atomic E-state index is 5.98. The zero-order valence-corrected chi connectivity index (χ0v) is 13.6. The van der Waals surface area contributed by atoms with Crippen molar-refractivity contribution in [3.63, 3.8) is 0 Å². The number of aryl methyl sites for hydroxylation is 1. The van der Waals surface area contributed by atoms with E-state index in [0.29, 0.717) is 6.61 Å². The molecule has 0 fully saturated rings. The lowest BCUT2D eigenvalue weighted by molar-refractivity contribution is 0.295. The summed E-state index contributed by atoms with van der Waals surface area (Å²) in [5.74, 6) is 1.52. The number of aromatic nitrogens is 1. The third kappa shape index (κ3) is 4.19. The minimum atomic E-state index is -0.0861. The highest BCUT2D eigenvalue weighted by atomic mass is 32.1. The molecule has 1 atom stereocenters. The van der Waals surface area contributed by atoms with Crippen LogP contribution in [-0.2, 0) is 13.0 Å². The Balaban J connectivity index is 2.10. The molecule has 21 heavy (non-hydrogen) atoms. The van der Waals surface area contributed by atoms with Crippen molar-refractivity contribution < 1.29 is 9.47 Å². The molecule has 2 N–H and O–H groups in total. The Labute approximate surface area is 129 Å². The van der Waals surface area contributed by atoms with E-state index < -0.39 is 0 Å². The Morgan fingerprint density at radius 2 is 2.19 bits per heavy atom. The molecular weight excluding hydrogens is 284 g/mol. The molecule has 1 heterocycles. The van der Waals surface area contributed by atoms with Gasteiger partial charge in [-0.3, -0.25) is 0 Å². The summed E-state index contributed by atoms with van der Waals surface area (Å²) in [4.78, 5) is 4.56. The number of hydrogen-bond acceptors (Lipinski definition) is 5. The van der Waals surface area contributed by atoms with Crippen LogP contribution in [0.2, 0.25) is 0 Å². The van der Waals surface area contributed by atoms with Crippen LogP contribution >= 0.6 is 11.3 Å². The van der Waals surface area contributed by atoms with E-state index in [-0.39, 0.29) is 6.04 Å². The van der Waals surface area contributed by atoms with Gasteiger partial charge in [0.1, 0.15) is 18.1 Å². The zero-order chi connectivity index (χ0) is 15.2. The monoisotopic (exact) mass is 306 g/mol. The molecule has 2 aromatic rings. The van der Waals surface area contributed by atoms with Gasteiger partial charge < -0.3 is 15.2 Å². The molecule has 0 aliphatic heterocycles. The van der Waals surface area contributed by atoms with Gasteiger partial charge in [-0.2, -0.15) is 0 Å². The van der Waals surface area contributed by atoms with Gasteiger partial charge in [0.25, 0.3) is 0 Å². The molecule has 1 aromatic carbocycles. The smallest absolute Gasteiger partial charge is 0.131 e. The van der Waals surface area contributed by atoms with Crippen molar-refractivity contribution in [2.45, 2.75) is 39.3 Å². The molecule has 0 aliphatic carbocycles. The maximum atomic E-state index is 5.98. The fourth-order valence-corrected chi connectivity index (χ4v) is 2.92. The molecule has 5 heteroatoms. The van der Waals surface area contributed by atoms with Crippen molar-refractivity contribution in [3.8, 4) is 11.5 Å². The number of ether oxygens (including phenoxy) is 2. The quantitative estimate of drug-likeness (QED) is 0.847. The van der Waals surface area contributed by atoms with E-state index in [1.165, 1.54) is 0 Å². The highest BCUT2D eigenvalue weighted by molar-refractivity contribution is 7.09. The Hall–Kier alpha value is -1.59. The Bertz CT molecular complexity index is 581. The van der Waals surface area contributed by atoms with Gasteiger partial charge in [0.15, 0.2) is 0 Å². The fourth-order valence-electron chi connectivity index (χ4n) is 2.04. The van der Waals surface area contributed by atoms with Crippen molar-refractivity contribution in [2.75, 3.05) is 7.11 Å². The molecule has 0 bridgehead atoms. The lowest BCUT2D eigenvalue weighted by Crippen LogP contribution is -2.08. The Morgan fingerprint density at radius 3 is 2.86 bits per heavy atom. The average Bonchev–Trinajstić information content (AvgIpc) is 2.92. The van der Waals surface area contributed by atoms with Crippen molar-refractivity contribution >= 4 is 11.3 Å². The third-order valence-corrected chi connectivity index (χ3v) is 4.11. The first-order valence-electron chi connectivity index (χ1n) is 7.13. The minimum absolute atomic E-state index is 0.0861. The molecular formula is C16H22N2O2S. The topological polar surface area (TPSA) is 57.4 Å². The number of benzene rings is 1. The van der Waals surface area contributed by atoms with E-state index >= 15 is 0 Å². The van der Waals surface area contributed by atoms with E-state index in [2.05, 4.69) is 17.3 Å². The average molecular weight is 306 g/mol. The highest BCUT2D eigenvalue weighted by Gasteiger charge is 2.11. The SMILES string of the molecule is CCCc1nc(COc2cc(OC)ccc2[C@H](C)N)cs1. The predicted molar refractivity (Wildman–Crippen MR) is 86.0 cm³/mol. The molecule has 1 aromatic heterocycles. The summed E-state index contributed by atoms with van der Waals surface area (Å²) in [6.07, 6.45) is 2.13. The molecule has 0 amide bonds. The fraction of sp³-hybridized carbons (Fsp3) is 0.438. The second-order valence-corrected chi connectivity index (χ2v) is 5.91. The summed E-state index contributed by atoms with van der Waals surface area (Å²) in [6, 6.07) is 5.63. The lowest BCUT2D eigenvalue weighted by Gasteiger charge is -2.14. The normalized spacial score (nSPS) is 12.2. The van der Waals surface area contributed by atoms with Crippen LogP contribution in [0.1, 0.15) is 42.6 Å². The summed E-state index contributed by atoms with van der Waals surface area (Å²) < 4.78 is 11.1. The van der Waals surface area contributed by atoms with Crippen molar-refractivity contribution in [2.24, 2.45) is 5.73 Å². The van der Waals surface area contributed by atoms with Gasteiger partial charge in [0.2, 0.25) is 0 Å². The number of rotatable bonds is 7. The summed E-state index contributed by atoms with van der Waals surface area (Å²) >= 11 is 1.69. The first-order chi connectivity index (χ1) is 10.1. The largest absolute Gasteiger partial charge is 0.497 e. The zero-order valence-electron chi connectivity index (χ0n) is 12.8. The molecule has 0 spiro atoms. The van der Waals surface area contributed by atoms with E-state index in [9.17, 15) is 0 Å². The van der Waals surface area contributed by atoms with Crippen LogP contribution in [0.4, 0.5) is 0 Å². The van der Waals surface area contributed by atoms with E-state index in [0.717, 1.165) is 40.6 Å². The van der Waals surface area contributed by atoms with E-state index in [1.54, 1.807) is 18.4 Å². The molecule has 0 aliphatic rings. The van der Waals surface area contributed by atoms with Crippen molar-refractivity contribution in [1.29, 1.82) is 0 Å². The number of nitrogens with zero attached hydrogens (tertiary/aromatic N) is 1. The summed E-state index contributed by atoms with van der Waals surface area (Å²) in [5, 5.41) is 3.21. The van der Waals surface area contributed by atoms with Gasteiger partial charge in [-0.15, -0.1) is 11.3 Å². The first-order valence-corrected chi connectivity index (χ1v) is 8.01. The molecule has 114 valence electrons. The molecule has 0 saturated heterocycles. The molecule has 0 saturated carbocycles. The lowest BCUT2D eigenvalue weighted by atomic mass is 10.1. The van der Waals surface area contributed by atoms with Crippen LogP contribution in [0.3, 0.4) is 0 Å². The summed E-state index contributed by atoms with van der Waals surface area (Å²) in [6.45, 7) is 4.55. The van der Waals surface area contributed by atoms with Crippen LogP contribution in [0.5, 0.6) is 11.5 Å². The van der Waals surface area contributed by atoms with Crippen LogP contribution in [0.25, 0.3) is 0 Å². The van der Waals surface area contributed by atoms with E-state index in [4.69, 9.17) is 15.2 Å². The predicted octanol–water partition coefficient (Wildman–Crippen LogP) is 3.70. The number of thiazole rings is 1. The first kappa shape index (κ1) is 15.8. The molecule has 0 radical (unpaired) electrons. The van der Waals surface area contributed by atoms with Crippen LogP contribution in [-0.4, -0.2) is 12.1 Å². The molecule has 2 rings (SSSR count). The highest BCUT2D eigenvalue weighted by Crippen LogP contribution is 2.29.